The van der Waals surface area contributed by atoms with Crippen LogP contribution < -0.4 is 4.90 Å². The maximum Gasteiger partial charge on any atom is 0.293 e. The van der Waals surface area contributed by atoms with E-state index in [1.54, 1.807) is 36.4 Å². The molecular formula is C23H28N4O3. The molecule has 4 rings (SSSR count). The van der Waals surface area contributed by atoms with Crippen LogP contribution in [-0.2, 0) is 0 Å². The molecule has 0 aliphatic carbocycles. The fourth-order valence-corrected chi connectivity index (χ4v) is 4.54. The van der Waals surface area contributed by atoms with Crippen molar-refractivity contribution in [3.8, 4) is 0 Å². The van der Waals surface area contributed by atoms with E-state index >= 15 is 0 Å². The number of hydrogen-bond acceptors (Lipinski definition) is 6. The summed E-state index contributed by atoms with van der Waals surface area (Å²) in [7, 11) is 0. The van der Waals surface area contributed by atoms with Crippen LogP contribution in [0, 0.1) is 10.1 Å². The van der Waals surface area contributed by atoms with Gasteiger partial charge in [-0.2, -0.15) is 0 Å². The number of hydrogen-bond donors (Lipinski definition) is 0. The third kappa shape index (κ3) is 4.22. The molecule has 2 fully saturated rings. The molecule has 0 spiro atoms. The van der Waals surface area contributed by atoms with E-state index in [0.717, 1.165) is 52.2 Å². The Morgan fingerprint density at radius 1 is 1.03 bits per heavy atom. The van der Waals surface area contributed by atoms with E-state index in [1.165, 1.54) is 6.07 Å². The van der Waals surface area contributed by atoms with Gasteiger partial charge in [0.25, 0.3) is 5.69 Å². The molecule has 1 atom stereocenters. The van der Waals surface area contributed by atoms with Crippen molar-refractivity contribution in [3.63, 3.8) is 0 Å². The first kappa shape index (κ1) is 20.5. The molecule has 0 amide bonds. The van der Waals surface area contributed by atoms with Crippen LogP contribution in [0.1, 0.15) is 29.3 Å². The minimum atomic E-state index is -0.371. The molecule has 0 aromatic heterocycles. The second kappa shape index (κ2) is 8.93. The smallest absolute Gasteiger partial charge is 0.293 e. The highest BCUT2D eigenvalue weighted by Gasteiger charge is 2.32. The Bertz CT molecular complexity index is 910. The molecule has 2 saturated heterocycles. The molecule has 2 aliphatic heterocycles. The molecule has 158 valence electrons. The Balaban J connectivity index is 1.50. The first-order valence-corrected chi connectivity index (χ1v) is 10.7. The van der Waals surface area contributed by atoms with Crippen molar-refractivity contribution < 1.29 is 9.72 Å². The number of nitrogens with zero attached hydrogens (tertiary/aromatic N) is 4. The maximum atomic E-state index is 12.7. The lowest BCUT2D eigenvalue weighted by molar-refractivity contribution is -0.384. The van der Waals surface area contributed by atoms with E-state index in [0.29, 0.717) is 22.9 Å². The Labute approximate surface area is 177 Å². The summed E-state index contributed by atoms with van der Waals surface area (Å²) in [6, 6.07) is 14.2. The fourth-order valence-electron chi connectivity index (χ4n) is 4.54. The number of carbonyl (C=O) groups is 1. The van der Waals surface area contributed by atoms with Gasteiger partial charge in [-0.15, -0.1) is 0 Å². The van der Waals surface area contributed by atoms with Gasteiger partial charge in [0.15, 0.2) is 5.78 Å². The number of rotatable bonds is 6. The predicted octanol–water partition coefficient (Wildman–Crippen LogP) is 3.04. The van der Waals surface area contributed by atoms with E-state index in [2.05, 4.69) is 21.6 Å². The molecule has 7 nitrogen and oxygen atoms in total. The molecular weight excluding hydrogens is 380 g/mol. The molecule has 2 aliphatic rings. The van der Waals surface area contributed by atoms with Crippen molar-refractivity contribution in [3.05, 3.63) is 69.8 Å². The highest BCUT2D eigenvalue weighted by molar-refractivity contribution is 6.09. The summed E-state index contributed by atoms with van der Waals surface area (Å²) in [4.78, 5) is 31.2. The number of likely N-dealkylation sites (N-methyl/N-ethyl adjacent to an activating group) is 1. The van der Waals surface area contributed by atoms with Crippen LogP contribution in [0.3, 0.4) is 0 Å². The summed E-state index contributed by atoms with van der Waals surface area (Å²) in [5.41, 5.74) is 1.50. The van der Waals surface area contributed by atoms with Crippen LogP contribution >= 0.6 is 0 Å². The van der Waals surface area contributed by atoms with Gasteiger partial charge in [0.05, 0.1) is 4.92 Å². The largest absolute Gasteiger partial charge is 0.364 e. The monoisotopic (exact) mass is 408 g/mol. The van der Waals surface area contributed by atoms with Crippen LogP contribution in [-0.4, -0.2) is 72.4 Å². The second-order valence-corrected chi connectivity index (χ2v) is 8.01. The molecule has 1 unspecified atom stereocenters. The van der Waals surface area contributed by atoms with E-state index in [9.17, 15) is 14.9 Å². The Morgan fingerprint density at radius 3 is 2.43 bits per heavy atom. The molecule has 0 bridgehead atoms. The minimum absolute atomic E-state index is 0.00762. The zero-order valence-corrected chi connectivity index (χ0v) is 17.4. The topological polar surface area (TPSA) is 69.9 Å². The minimum Gasteiger partial charge on any atom is -0.364 e. The number of nitro benzene ring substituents is 1. The van der Waals surface area contributed by atoms with Gasteiger partial charge in [-0.3, -0.25) is 19.8 Å². The Morgan fingerprint density at radius 2 is 1.77 bits per heavy atom. The molecule has 0 N–H and O–H groups in total. The number of carbonyl (C=O) groups excluding carboxylic acids is 1. The number of ketones is 1. The maximum absolute atomic E-state index is 12.7. The second-order valence-electron chi connectivity index (χ2n) is 8.01. The van der Waals surface area contributed by atoms with Crippen molar-refractivity contribution in [2.45, 2.75) is 19.4 Å². The van der Waals surface area contributed by atoms with E-state index in [4.69, 9.17) is 0 Å². The van der Waals surface area contributed by atoms with Crippen molar-refractivity contribution in [1.82, 2.24) is 9.80 Å². The van der Waals surface area contributed by atoms with Gasteiger partial charge in [-0.25, -0.2) is 0 Å². The van der Waals surface area contributed by atoms with Gasteiger partial charge >= 0.3 is 0 Å². The fraction of sp³-hybridized carbons (Fsp3) is 0.435. The summed E-state index contributed by atoms with van der Waals surface area (Å²) in [5.74, 6) is -0.196. The third-order valence-electron chi connectivity index (χ3n) is 6.34. The van der Waals surface area contributed by atoms with Gasteiger partial charge < -0.3 is 9.80 Å². The van der Waals surface area contributed by atoms with Crippen LogP contribution in [0.5, 0.6) is 0 Å². The van der Waals surface area contributed by atoms with Crippen molar-refractivity contribution >= 4 is 17.2 Å². The predicted molar refractivity (Wildman–Crippen MR) is 117 cm³/mol. The van der Waals surface area contributed by atoms with E-state index in [-0.39, 0.29) is 16.4 Å². The number of anilines is 1. The normalized spacial score (nSPS) is 20.4. The summed E-state index contributed by atoms with van der Waals surface area (Å²) < 4.78 is 0. The highest BCUT2D eigenvalue weighted by atomic mass is 16.6. The van der Waals surface area contributed by atoms with Crippen molar-refractivity contribution in [1.29, 1.82) is 0 Å². The molecule has 0 radical (unpaired) electrons. The van der Waals surface area contributed by atoms with Crippen molar-refractivity contribution in [2.75, 3.05) is 50.7 Å². The Kier molecular flexibility index (Phi) is 6.11. The first-order chi connectivity index (χ1) is 14.6. The SMILES string of the molecule is CCN1CCN(C2CCN(c3ccc(C(=O)c4ccccc4)cc3[N+](=O)[O-])C2)CC1. The van der Waals surface area contributed by atoms with Gasteiger partial charge in [-0.05, 0) is 25.1 Å². The zero-order chi connectivity index (χ0) is 21.1. The van der Waals surface area contributed by atoms with E-state index in [1.807, 2.05) is 6.07 Å². The molecule has 30 heavy (non-hydrogen) atoms. The van der Waals surface area contributed by atoms with Crippen LogP contribution in [0.2, 0.25) is 0 Å². The average Bonchev–Trinajstić information content (AvgIpc) is 3.29. The number of nitro groups is 1. The average molecular weight is 409 g/mol. The lowest BCUT2D eigenvalue weighted by Crippen LogP contribution is -2.50. The summed E-state index contributed by atoms with van der Waals surface area (Å²) in [6.07, 6.45) is 1.01. The van der Waals surface area contributed by atoms with Crippen molar-refractivity contribution in [2.24, 2.45) is 0 Å². The molecule has 2 heterocycles. The molecule has 7 heteroatoms. The third-order valence-corrected chi connectivity index (χ3v) is 6.34. The summed E-state index contributed by atoms with van der Waals surface area (Å²) in [5, 5.41) is 11.8. The van der Waals surface area contributed by atoms with Gasteiger partial charge in [-0.1, -0.05) is 37.3 Å². The lowest BCUT2D eigenvalue weighted by Gasteiger charge is -2.37. The van der Waals surface area contributed by atoms with E-state index < -0.39 is 0 Å². The summed E-state index contributed by atoms with van der Waals surface area (Å²) >= 11 is 0. The molecule has 0 saturated carbocycles. The van der Waals surface area contributed by atoms with Gasteiger partial charge in [0.2, 0.25) is 0 Å². The molecule has 2 aromatic carbocycles. The zero-order valence-electron chi connectivity index (χ0n) is 17.4. The van der Waals surface area contributed by atoms with Crippen LogP contribution in [0.25, 0.3) is 0 Å². The first-order valence-electron chi connectivity index (χ1n) is 10.7. The highest BCUT2D eigenvalue weighted by Crippen LogP contribution is 2.33. The number of benzene rings is 2. The Hall–Kier alpha value is -2.77. The summed E-state index contributed by atoms with van der Waals surface area (Å²) in [6.45, 7) is 9.15. The van der Waals surface area contributed by atoms with Crippen LogP contribution in [0.15, 0.2) is 48.5 Å². The van der Waals surface area contributed by atoms with Gasteiger partial charge in [0.1, 0.15) is 5.69 Å². The number of piperazine rings is 1. The van der Waals surface area contributed by atoms with Crippen LogP contribution in [0.4, 0.5) is 11.4 Å². The molecule has 2 aromatic rings. The standard InChI is InChI=1S/C23H28N4O3/c1-2-24-12-14-25(15-13-24)20-10-11-26(17-20)21-9-8-19(16-22(21)27(29)30)23(28)18-6-4-3-5-7-18/h3-9,16,20H,2,10-15,17H2,1H3. The lowest BCUT2D eigenvalue weighted by atomic mass is 10.0. The quantitative estimate of drug-likeness (QED) is 0.416. The van der Waals surface area contributed by atoms with Gasteiger partial charge in [0, 0.05) is 62.5 Å².